The number of hydrogen-bond donors (Lipinski definition) is 1. The summed E-state index contributed by atoms with van der Waals surface area (Å²) in [7, 11) is 0. The van der Waals surface area contributed by atoms with Crippen LogP contribution in [0.1, 0.15) is 39.0 Å². The minimum atomic E-state index is -0.744. The van der Waals surface area contributed by atoms with Gasteiger partial charge in [0.1, 0.15) is 5.92 Å². The molecular formula is C15H15NO2S. The molecule has 1 aliphatic rings. The Hall–Kier alpha value is -1.68. The lowest BCUT2D eigenvalue weighted by molar-refractivity contribution is -0.138. The first-order chi connectivity index (χ1) is 9.13. The molecule has 0 saturated heterocycles. The predicted octanol–water partition coefficient (Wildman–Crippen LogP) is 3.16. The van der Waals surface area contributed by atoms with Crippen molar-refractivity contribution in [2.45, 2.75) is 32.1 Å². The summed E-state index contributed by atoms with van der Waals surface area (Å²) in [4.78, 5) is 16.9. The van der Waals surface area contributed by atoms with Crippen molar-refractivity contribution in [3.05, 3.63) is 51.0 Å². The lowest BCUT2D eigenvalue weighted by atomic mass is 10.1. The summed E-state index contributed by atoms with van der Waals surface area (Å²) >= 11 is 1.67. The van der Waals surface area contributed by atoms with Crippen LogP contribution >= 0.6 is 11.3 Å². The van der Waals surface area contributed by atoms with Crippen molar-refractivity contribution in [3.63, 3.8) is 0 Å². The highest BCUT2D eigenvalue weighted by molar-refractivity contribution is 7.11. The molecule has 0 saturated carbocycles. The molecule has 0 fully saturated rings. The maximum absolute atomic E-state index is 11.1. The second-order valence-electron chi connectivity index (χ2n) is 5.01. The Bertz CT molecular complexity index is 633. The van der Waals surface area contributed by atoms with E-state index in [-0.39, 0.29) is 0 Å². The van der Waals surface area contributed by atoms with Crippen LogP contribution in [0.4, 0.5) is 0 Å². The van der Waals surface area contributed by atoms with Gasteiger partial charge in [0.25, 0.3) is 0 Å². The van der Waals surface area contributed by atoms with Crippen LogP contribution < -0.4 is 0 Å². The predicted molar refractivity (Wildman–Crippen MR) is 74.8 cm³/mol. The lowest BCUT2D eigenvalue weighted by Gasteiger charge is -2.02. The number of carboxylic acids is 1. The summed E-state index contributed by atoms with van der Waals surface area (Å²) in [5.74, 6) is -1.14. The Morgan fingerprint density at radius 3 is 3.11 bits per heavy atom. The highest BCUT2D eigenvalue weighted by Crippen LogP contribution is 2.37. The molecule has 0 amide bonds. The number of thiazole rings is 1. The monoisotopic (exact) mass is 273 g/mol. The molecule has 1 unspecified atom stereocenters. The van der Waals surface area contributed by atoms with E-state index >= 15 is 0 Å². The number of rotatable bonds is 3. The van der Waals surface area contributed by atoms with Gasteiger partial charge in [0.2, 0.25) is 0 Å². The first kappa shape index (κ1) is 12.4. The maximum Gasteiger partial charge on any atom is 0.312 e. The van der Waals surface area contributed by atoms with Crippen LogP contribution in [0.15, 0.2) is 24.3 Å². The molecule has 3 nitrogen and oxygen atoms in total. The van der Waals surface area contributed by atoms with Crippen molar-refractivity contribution in [2.24, 2.45) is 0 Å². The van der Waals surface area contributed by atoms with E-state index in [0.29, 0.717) is 6.42 Å². The molecule has 2 aromatic rings. The van der Waals surface area contributed by atoms with Crippen molar-refractivity contribution < 1.29 is 9.90 Å². The molecule has 1 aliphatic carbocycles. The number of carboxylic acid groups (broad SMARTS) is 1. The lowest BCUT2D eigenvalue weighted by Crippen LogP contribution is -2.08. The third kappa shape index (κ3) is 2.40. The largest absolute Gasteiger partial charge is 0.481 e. The van der Waals surface area contributed by atoms with Crippen molar-refractivity contribution in [1.29, 1.82) is 0 Å². The quantitative estimate of drug-likeness (QED) is 0.934. The Labute approximate surface area is 115 Å². The molecule has 4 heteroatoms. The molecule has 1 atom stereocenters. The highest BCUT2D eigenvalue weighted by atomic mass is 32.1. The SMILES string of the molecule is Cc1cccc(Cc2nc3c(s2)CCC3C(=O)O)c1. The van der Waals surface area contributed by atoms with Crippen LogP contribution in [0, 0.1) is 6.92 Å². The maximum atomic E-state index is 11.1. The van der Waals surface area contributed by atoms with Crippen molar-refractivity contribution in [3.8, 4) is 0 Å². The Balaban J connectivity index is 1.85. The van der Waals surface area contributed by atoms with Crippen LogP contribution in [0.3, 0.4) is 0 Å². The van der Waals surface area contributed by atoms with Gasteiger partial charge < -0.3 is 5.11 Å². The van der Waals surface area contributed by atoms with Gasteiger partial charge in [0.05, 0.1) is 10.7 Å². The molecule has 1 aromatic heterocycles. The number of aliphatic carboxylic acids is 1. The van der Waals surface area contributed by atoms with Gasteiger partial charge in [-0.15, -0.1) is 11.3 Å². The molecule has 1 N–H and O–H groups in total. The van der Waals surface area contributed by atoms with Crippen molar-refractivity contribution in [1.82, 2.24) is 4.98 Å². The van der Waals surface area contributed by atoms with Crippen LogP contribution in [0.25, 0.3) is 0 Å². The van der Waals surface area contributed by atoms with Crippen LogP contribution in [-0.2, 0) is 17.6 Å². The number of carbonyl (C=O) groups is 1. The second-order valence-corrected chi connectivity index (χ2v) is 6.18. The molecule has 0 radical (unpaired) electrons. The summed E-state index contributed by atoms with van der Waals surface area (Å²) in [6, 6.07) is 8.37. The van der Waals surface area contributed by atoms with E-state index < -0.39 is 11.9 Å². The third-order valence-corrected chi connectivity index (χ3v) is 4.63. The zero-order valence-corrected chi connectivity index (χ0v) is 11.5. The fraction of sp³-hybridized carbons (Fsp3) is 0.333. The first-order valence-corrected chi connectivity index (χ1v) is 7.22. The van der Waals surface area contributed by atoms with E-state index in [9.17, 15) is 4.79 Å². The highest BCUT2D eigenvalue weighted by Gasteiger charge is 2.32. The summed E-state index contributed by atoms with van der Waals surface area (Å²) in [5, 5.41) is 10.2. The fourth-order valence-electron chi connectivity index (χ4n) is 2.59. The van der Waals surface area contributed by atoms with E-state index in [1.807, 2.05) is 6.07 Å². The van der Waals surface area contributed by atoms with Crippen LogP contribution in [0.2, 0.25) is 0 Å². The number of aryl methyl sites for hydroxylation is 2. The summed E-state index contributed by atoms with van der Waals surface area (Å²) in [5.41, 5.74) is 3.28. The standard InChI is InChI=1S/C15H15NO2S/c1-9-3-2-4-10(7-9)8-13-16-14-11(15(17)18)5-6-12(14)19-13/h2-4,7,11H,5-6,8H2,1H3,(H,17,18). The Morgan fingerprint density at radius 2 is 2.37 bits per heavy atom. The number of hydrogen-bond acceptors (Lipinski definition) is 3. The molecule has 1 aromatic carbocycles. The zero-order valence-electron chi connectivity index (χ0n) is 10.7. The number of nitrogens with zero attached hydrogens (tertiary/aromatic N) is 1. The molecule has 0 spiro atoms. The Kier molecular flexibility index (Phi) is 3.11. The average molecular weight is 273 g/mol. The van der Waals surface area contributed by atoms with Gasteiger partial charge in [-0.1, -0.05) is 29.8 Å². The van der Waals surface area contributed by atoms with E-state index in [2.05, 4.69) is 30.1 Å². The smallest absolute Gasteiger partial charge is 0.312 e. The van der Waals surface area contributed by atoms with Gasteiger partial charge in [-0.05, 0) is 25.3 Å². The molecular weight excluding hydrogens is 258 g/mol. The second kappa shape index (κ2) is 4.78. The number of aromatic nitrogens is 1. The van der Waals surface area contributed by atoms with Crippen molar-refractivity contribution in [2.75, 3.05) is 0 Å². The number of benzene rings is 1. The topological polar surface area (TPSA) is 50.2 Å². The molecule has 1 heterocycles. The van der Waals surface area contributed by atoms with Gasteiger partial charge in [0, 0.05) is 11.3 Å². The number of fused-ring (bicyclic) bond motifs is 1. The van der Waals surface area contributed by atoms with Gasteiger partial charge in [-0.3, -0.25) is 4.79 Å². The molecule has 19 heavy (non-hydrogen) atoms. The van der Waals surface area contributed by atoms with E-state index in [4.69, 9.17) is 5.11 Å². The van der Waals surface area contributed by atoms with E-state index in [0.717, 1.165) is 28.4 Å². The van der Waals surface area contributed by atoms with Gasteiger partial charge in [-0.2, -0.15) is 0 Å². The van der Waals surface area contributed by atoms with Crippen LogP contribution in [0.5, 0.6) is 0 Å². The fourth-order valence-corrected chi connectivity index (χ4v) is 3.77. The summed E-state index contributed by atoms with van der Waals surface area (Å²) < 4.78 is 0. The molecule has 0 aliphatic heterocycles. The Morgan fingerprint density at radius 1 is 1.53 bits per heavy atom. The summed E-state index contributed by atoms with van der Waals surface area (Å²) in [6.45, 7) is 2.08. The minimum Gasteiger partial charge on any atom is -0.481 e. The first-order valence-electron chi connectivity index (χ1n) is 6.40. The van der Waals surface area contributed by atoms with Crippen LogP contribution in [-0.4, -0.2) is 16.1 Å². The molecule has 98 valence electrons. The normalized spacial score (nSPS) is 17.4. The van der Waals surface area contributed by atoms with Gasteiger partial charge in [0.15, 0.2) is 0 Å². The third-order valence-electron chi connectivity index (χ3n) is 3.50. The molecule has 0 bridgehead atoms. The minimum absolute atomic E-state index is 0.391. The van der Waals surface area contributed by atoms with Gasteiger partial charge in [-0.25, -0.2) is 4.98 Å². The van der Waals surface area contributed by atoms with Crippen molar-refractivity contribution >= 4 is 17.3 Å². The van der Waals surface area contributed by atoms with E-state index in [1.54, 1.807) is 11.3 Å². The van der Waals surface area contributed by atoms with E-state index in [1.165, 1.54) is 11.1 Å². The van der Waals surface area contributed by atoms with Gasteiger partial charge >= 0.3 is 5.97 Å². The molecule has 3 rings (SSSR count). The average Bonchev–Trinajstić information content (AvgIpc) is 2.87. The zero-order chi connectivity index (χ0) is 13.4. The summed E-state index contributed by atoms with van der Waals surface area (Å²) in [6.07, 6.45) is 2.36.